The molecule has 1 aliphatic carbocycles. The summed E-state index contributed by atoms with van der Waals surface area (Å²) in [4.78, 5) is 42.2. The molecule has 2 aromatic carbocycles. The first-order valence-electron chi connectivity index (χ1n) is 18.1. The molecule has 5 rings (SSSR count). The summed E-state index contributed by atoms with van der Waals surface area (Å²) in [5.41, 5.74) is -1.40. The topological polar surface area (TPSA) is 91.6 Å². The number of halogens is 5. The van der Waals surface area contributed by atoms with Gasteiger partial charge < -0.3 is 19.9 Å². The molecule has 2 heterocycles. The van der Waals surface area contributed by atoms with Crippen molar-refractivity contribution in [2.24, 2.45) is 11.8 Å². The maximum Gasteiger partial charge on any atom is 0.416 e. The van der Waals surface area contributed by atoms with Crippen LogP contribution in [0.3, 0.4) is 0 Å². The molecule has 7 nitrogen and oxygen atoms in total. The Kier molecular flexibility index (Phi) is 12.2. The number of carboxylic acid groups (broad SMARTS) is 1. The SMILES string of the molecule is CC#Cc1cc(-c2c(C)cccc2C)c(F)c([C@@H](CC(=O)O)NC(=O)[C@@H](CC(C)C)n2cc(C3CCN(CC4CC4)CC3)c(C(F)(F)F)cc2=O)c1F. The van der Waals surface area contributed by atoms with E-state index in [0.29, 0.717) is 54.6 Å². The zero-order valence-electron chi connectivity index (χ0n) is 30.7. The molecule has 2 atom stereocenters. The number of aryl methyl sites for hydroxylation is 2. The van der Waals surface area contributed by atoms with Gasteiger partial charge in [0.25, 0.3) is 5.56 Å². The third-order valence-electron chi connectivity index (χ3n) is 10.3. The highest BCUT2D eigenvalue weighted by molar-refractivity contribution is 5.82. The summed E-state index contributed by atoms with van der Waals surface area (Å²) in [6.07, 6.45) is -1.49. The molecule has 1 aliphatic heterocycles. The highest BCUT2D eigenvalue weighted by Gasteiger charge is 2.39. The molecular weight excluding hydrogens is 693 g/mol. The normalized spacial score (nSPS) is 16.6. The molecule has 53 heavy (non-hydrogen) atoms. The van der Waals surface area contributed by atoms with Crippen LogP contribution in [0.1, 0.15) is 111 Å². The quantitative estimate of drug-likeness (QED) is 0.144. The van der Waals surface area contributed by atoms with E-state index in [4.69, 9.17) is 0 Å². The molecule has 0 spiro atoms. The maximum atomic E-state index is 16.7. The Labute approximate surface area is 306 Å². The fraction of sp³-hybridized carbons (Fsp3) is 0.488. The van der Waals surface area contributed by atoms with Crippen molar-refractivity contribution in [3.8, 4) is 23.0 Å². The van der Waals surface area contributed by atoms with E-state index in [1.165, 1.54) is 13.0 Å². The van der Waals surface area contributed by atoms with Crippen LogP contribution < -0.4 is 10.9 Å². The summed E-state index contributed by atoms with van der Waals surface area (Å²) in [5.74, 6) is 0.368. The van der Waals surface area contributed by atoms with Crippen molar-refractivity contribution in [1.82, 2.24) is 14.8 Å². The summed E-state index contributed by atoms with van der Waals surface area (Å²) in [6.45, 7) is 10.6. The monoisotopic (exact) mass is 739 g/mol. The number of rotatable bonds is 12. The van der Waals surface area contributed by atoms with Crippen LogP contribution in [0.5, 0.6) is 0 Å². The number of piperidine rings is 1. The van der Waals surface area contributed by atoms with E-state index in [1.54, 1.807) is 45.9 Å². The molecule has 0 radical (unpaired) electrons. The average Bonchev–Trinajstić information content (AvgIpc) is 3.89. The van der Waals surface area contributed by atoms with E-state index < -0.39 is 70.8 Å². The number of hydrogen-bond acceptors (Lipinski definition) is 4. The third kappa shape index (κ3) is 9.18. The van der Waals surface area contributed by atoms with Crippen LogP contribution in [0.25, 0.3) is 11.1 Å². The summed E-state index contributed by atoms with van der Waals surface area (Å²) >= 11 is 0. The lowest BCUT2D eigenvalue weighted by molar-refractivity contribution is -0.139. The van der Waals surface area contributed by atoms with Crippen molar-refractivity contribution < 1.29 is 36.6 Å². The second kappa shape index (κ2) is 16.3. The Balaban J connectivity index is 1.59. The number of aliphatic carboxylic acids is 1. The van der Waals surface area contributed by atoms with Crippen LogP contribution in [0.15, 0.2) is 41.3 Å². The van der Waals surface area contributed by atoms with E-state index in [0.717, 1.165) is 30.2 Å². The van der Waals surface area contributed by atoms with Crippen molar-refractivity contribution in [1.29, 1.82) is 0 Å². The second-order valence-electron chi connectivity index (χ2n) is 14.9. The number of hydrogen-bond donors (Lipinski definition) is 2. The van der Waals surface area contributed by atoms with Gasteiger partial charge in [-0.25, -0.2) is 8.78 Å². The van der Waals surface area contributed by atoms with Crippen molar-refractivity contribution in [2.45, 2.75) is 97.3 Å². The first-order valence-corrected chi connectivity index (χ1v) is 18.1. The second-order valence-corrected chi connectivity index (χ2v) is 14.9. The minimum absolute atomic E-state index is 0.0316. The van der Waals surface area contributed by atoms with Crippen LogP contribution in [0, 0.1) is 49.2 Å². The predicted octanol–water partition coefficient (Wildman–Crippen LogP) is 8.31. The largest absolute Gasteiger partial charge is 0.481 e. The van der Waals surface area contributed by atoms with E-state index in [1.807, 2.05) is 0 Å². The van der Waals surface area contributed by atoms with Gasteiger partial charge in [0.2, 0.25) is 5.91 Å². The lowest BCUT2D eigenvalue weighted by Crippen LogP contribution is -2.41. The van der Waals surface area contributed by atoms with Gasteiger partial charge in [0.15, 0.2) is 0 Å². The highest BCUT2D eigenvalue weighted by Crippen LogP contribution is 2.40. The molecule has 2 fully saturated rings. The standard InChI is InChI=1S/C41H46F5N3O4/c1-6-8-28-18-29(36-24(4)9-7-10-25(36)5)39(43)37(38(28)42)32(20-35(51)52)47-40(53)33(17-23(2)3)49-22-30(31(19-34(49)50)41(44,45)46)27-13-15-48(16-14-27)21-26-11-12-26/h7,9-10,18-19,22-23,26-27,32-33H,11-17,20-21H2,1-5H3,(H,47,53)(H,51,52)/t32-,33-/m1/s1. The molecule has 2 N–H and O–H groups in total. The lowest BCUT2D eigenvalue weighted by atomic mass is 9.87. The fourth-order valence-corrected chi connectivity index (χ4v) is 7.54. The van der Waals surface area contributed by atoms with E-state index in [2.05, 4.69) is 22.1 Å². The van der Waals surface area contributed by atoms with E-state index in [-0.39, 0.29) is 29.0 Å². The average molecular weight is 740 g/mol. The lowest BCUT2D eigenvalue weighted by Gasteiger charge is -2.34. The van der Waals surface area contributed by atoms with E-state index in [9.17, 15) is 32.7 Å². The molecule has 2 aliphatic rings. The Hall–Kier alpha value is -4.50. The molecule has 3 aromatic rings. The van der Waals surface area contributed by atoms with Gasteiger partial charge in [-0.2, -0.15) is 13.2 Å². The number of benzene rings is 2. The van der Waals surface area contributed by atoms with Gasteiger partial charge in [0.05, 0.1) is 23.6 Å². The van der Waals surface area contributed by atoms with Crippen molar-refractivity contribution in [3.05, 3.63) is 91.9 Å². The molecule has 1 saturated heterocycles. The van der Waals surface area contributed by atoms with Crippen LogP contribution >= 0.6 is 0 Å². The third-order valence-corrected chi connectivity index (χ3v) is 10.3. The number of alkyl halides is 3. The summed E-state index contributed by atoms with van der Waals surface area (Å²) < 4.78 is 77.1. The van der Waals surface area contributed by atoms with Crippen molar-refractivity contribution >= 4 is 11.9 Å². The predicted molar refractivity (Wildman–Crippen MR) is 192 cm³/mol. The van der Waals surface area contributed by atoms with Gasteiger partial charge in [-0.1, -0.05) is 38.0 Å². The Morgan fingerprint density at radius 1 is 1.02 bits per heavy atom. The molecule has 1 saturated carbocycles. The number of likely N-dealkylation sites (tertiary alicyclic amines) is 1. The number of nitrogens with one attached hydrogen (secondary N) is 1. The molecule has 0 bridgehead atoms. The molecule has 1 aromatic heterocycles. The van der Waals surface area contributed by atoms with Gasteiger partial charge in [0.1, 0.15) is 17.7 Å². The number of carbonyl (C=O) groups excluding carboxylic acids is 1. The van der Waals surface area contributed by atoms with Crippen LogP contribution in [-0.4, -0.2) is 46.1 Å². The van der Waals surface area contributed by atoms with Gasteiger partial charge in [-0.15, -0.1) is 5.92 Å². The van der Waals surface area contributed by atoms with Crippen LogP contribution in [0.2, 0.25) is 0 Å². The number of carbonyl (C=O) groups is 2. The van der Waals surface area contributed by atoms with Crippen molar-refractivity contribution in [2.75, 3.05) is 19.6 Å². The first-order chi connectivity index (χ1) is 25.0. The molecule has 1 amide bonds. The number of pyridine rings is 1. The molecule has 284 valence electrons. The van der Waals surface area contributed by atoms with Crippen LogP contribution in [-0.2, 0) is 15.8 Å². The smallest absolute Gasteiger partial charge is 0.416 e. The zero-order valence-corrected chi connectivity index (χ0v) is 30.7. The van der Waals surface area contributed by atoms with Gasteiger partial charge >= 0.3 is 12.1 Å². The number of aromatic nitrogens is 1. The Bertz CT molecular complexity index is 1960. The summed E-state index contributed by atoms with van der Waals surface area (Å²) in [5, 5.41) is 12.4. The zero-order chi connectivity index (χ0) is 38.8. The molecule has 12 heteroatoms. The Morgan fingerprint density at radius 2 is 1.66 bits per heavy atom. The van der Waals surface area contributed by atoms with Crippen LogP contribution in [0.4, 0.5) is 22.0 Å². The van der Waals surface area contributed by atoms with Gasteiger partial charge in [0, 0.05) is 29.9 Å². The number of carboxylic acids is 1. The van der Waals surface area contributed by atoms with Gasteiger partial charge in [-0.05, 0) is 112 Å². The molecule has 0 unspecified atom stereocenters. The number of amides is 1. The summed E-state index contributed by atoms with van der Waals surface area (Å²) in [6, 6.07) is 3.85. The van der Waals surface area contributed by atoms with Gasteiger partial charge in [-0.3, -0.25) is 14.4 Å². The number of nitrogens with zero attached hydrogens (tertiary/aromatic N) is 2. The first kappa shape index (κ1) is 39.7. The Morgan fingerprint density at radius 3 is 2.21 bits per heavy atom. The highest BCUT2D eigenvalue weighted by atomic mass is 19.4. The minimum Gasteiger partial charge on any atom is -0.481 e. The molecular formula is C41H46F5N3O4. The fourth-order valence-electron chi connectivity index (χ4n) is 7.54. The maximum absolute atomic E-state index is 16.7. The summed E-state index contributed by atoms with van der Waals surface area (Å²) in [7, 11) is 0. The van der Waals surface area contributed by atoms with Crippen molar-refractivity contribution in [3.63, 3.8) is 0 Å². The minimum atomic E-state index is -4.82. The van der Waals surface area contributed by atoms with E-state index >= 15 is 8.78 Å².